The standard InChI is InChI=1S/C7H18O2Si2.5CH4/c1-10-7-5-4-6-8-11(2,3)9-10;;;;;/h10H,4-7H2,1-3H3;5*1H4. The second-order valence-electron chi connectivity index (χ2n) is 3.67. The molecule has 0 spiro atoms. The van der Waals surface area contributed by atoms with E-state index in [1.165, 1.54) is 18.9 Å². The molecule has 1 unspecified atom stereocenters. The van der Waals surface area contributed by atoms with Crippen LogP contribution in [0.15, 0.2) is 0 Å². The average molecular weight is 271 g/mol. The fourth-order valence-electron chi connectivity index (χ4n) is 1.43. The zero-order valence-corrected chi connectivity index (χ0v) is 9.88. The molecule has 1 rings (SSSR count). The highest BCUT2D eigenvalue weighted by Crippen LogP contribution is 2.16. The number of rotatable bonds is 0. The molecule has 4 heteroatoms. The molecule has 0 aliphatic carbocycles. The van der Waals surface area contributed by atoms with Crippen LogP contribution >= 0.6 is 0 Å². The van der Waals surface area contributed by atoms with E-state index in [2.05, 4.69) is 19.6 Å². The SMILES string of the molecule is C.C.C.C.C.C[SiH]1CCCCO[Si](C)(C)O1. The van der Waals surface area contributed by atoms with Crippen molar-refractivity contribution in [1.82, 2.24) is 0 Å². The Morgan fingerprint density at radius 3 is 1.94 bits per heavy atom. The largest absolute Gasteiger partial charge is 0.439 e. The van der Waals surface area contributed by atoms with Gasteiger partial charge in [0.2, 0.25) is 0 Å². The molecule has 1 fully saturated rings. The van der Waals surface area contributed by atoms with E-state index in [-0.39, 0.29) is 37.1 Å². The second-order valence-corrected chi connectivity index (χ2v) is 9.90. The van der Waals surface area contributed by atoms with Crippen LogP contribution in [0.25, 0.3) is 0 Å². The van der Waals surface area contributed by atoms with Gasteiger partial charge < -0.3 is 8.54 Å². The summed E-state index contributed by atoms with van der Waals surface area (Å²) in [5.74, 6) is 0. The van der Waals surface area contributed by atoms with E-state index >= 15 is 0 Å². The lowest BCUT2D eigenvalue weighted by molar-refractivity contribution is 0.235. The highest BCUT2D eigenvalue weighted by Gasteiger charge is 2.28. The summed E-state index contributed by atoms with van der Waals surface area (Å²) in [6.07, 6.45) is 2.54. The topological polar surface area (TPSA) is 18.5 Å². The van der Waals surface area contributed by atoms with Gasteiger partial charge in [0.15, 0.2) is 9.04 Å². The van der Waals surface area contributed by atoms with E-state index < -0.39 is 17.6 Å². The maximum Gasteiger partial charge on any atom is 0.321 e. The van der Waals surface area contributed by atoms with Gasteiger partial charge in [-0.15, -0.1) is 0 Å². The average Bonchev–Trinajstić information content (AvgIpc) is 1.82. The van der Waals surface area contributed by atoms with Crippen LogP contribution in [0, 0.1) is 0 Å². The summed E-state index contributed by atoms with van der Waals surface area (Å²) in [5, 5.41) is 0. The second kappa shape index (κ2) is 13.4. The van der Waals surface area contributed by atoms with E-state index in [4.69, 9.17) is 8.54 Å². The fourth-order valence-corrected chi connectivity index (χ4v) is 7.55. The molecule has 0 N–H and O–H groups in total. The molecule has 1 heterocycles. The lowest BCUT2D eigenvalue weighted by Crippen LogP contribution is -2.41. The molecule has 106 valence electrons. The van der Waals surface area contributed by atoms with Gasteiger partial charge in [-0.2, -0.15) is 0 Å². The van der Waals surface area contributed by atoms with E-state index in [1.54, 1.807) is 0 Å². The maximum absolute atomic E-state index is 5.93. The summed E-state index contributed by atoms with van der Waals surface area (Å²) in [7, 11) is -2.53. The molecule has 0 amide bonds. The molecule has 1 aliphatic heterocycles. The lowest BCUT2D eigenvalue weighted by Gasteiger charge is -2.29. The number of hydrogen-bond acceptors (Lipinski definition) is 2. The van der Waals surface area contributed by atoms with Crippen LogP contribution in [0.2, 0.25) is 25.7 Å². The first-order chi connectivity index (χ1) is 5.10. The van der Waals surface area contributed by atoms with Gasteiger partial charge >= 0.3 is 8.56 Å². The van der Waals surface area contributed by atoms with Crippen LogP contribution in [0.5, 0.6) is 0 Å². The minimum absolute atomic E-state index is 0. The molecule has 1 aliphatic rings. The minimum atomic E-state index is -1.67. The van der Waals surface area contributed by atoms with E-state index in [0.717, 1.165) is 6.61 Å². The summed E-state index contributed by atoms with van der Waals surface area (Å²) in [6, 6.07) is 1.33. The van der Waals surface area contributed by atoms with Crippen molar-refractivity contribution in [2.24, 2.45) is 0 Å². The van der Waals surface area contributed by atoms with Crippen molar-refractivity contribution in [3.05, 3.63) is 0 Å². The Kier molecular flexibility index (Phi) is 25.1. The minimum Gasteiger partial charge on any atom is -0.439 e. The predicted molar refractivity (Wildman–Crippen MR) is 85.2 cm³/mol. The third kappa shape index (κ3) is 12.4. The van der Waals surface area contributed by atoms with Crippen LogP contribution in [0.4, 0.5) is 0 Å². The van der Waals surface area contributed by atoms with Gasteiger partial charge in [-0.25, -0.2) is 0 Å². The van der Waals surface area contributed by atoms with Gasteiger partial charge in [-0.1, -0.05) is 43.6 Å². The van der Waals surface area contributed by atoms with E-state index in [1.807, 2.05) is 0 Å². The van der Waals surface area contributed by atoms with Crippen LogP contribution in [0.1, 0.15) is 50.0 Å². The third-order valence-electron chi connectivity index (χ3n) is 1.94. The van der Waals surface area contributed by atoms with Crippen LogP contribution in [0.3, 0.4) is 0 Å². The fraction of sp³-hybridized carbons (Fsp3) is 1.00. The van der Waals surface area contributed by atoms with Gasteiger partial charge in [0.1, 0.15) is 0 Å². The Morgan fingerprint density at radius 2 is 1.44 bits per heavy atom. The highest BCUT2D eigenvalue weighted by atomic mass is 28.4. The van der Waals surface area contributed by atoms with Crippen molar-refractivity contribution >= 4 is 17.6 Å². The molecule has 1 saturated heterocycles. The monoisotopic (exact) mass is 270 g/mol. The van der Waals surface area contributed by atoms with Crippen molar-refractivity contribution in [2.75, 3.05) is 6.61 Å². The lowest BCUT2D eigenvalue weighted by atomic mass is 10.4. The van der Waals surface area contributed by atoms with Crippen molar-refractivity contribution < 1.29 is 8.54 Å². The molecule has 0 bridgehead atoms. The summed E-state index contributed by atoms with van der Waals surface area (Å²) >= 11 is 0. The van der Waals surface area contributed by atoms with Crippen molar-refractivity contribution in [1.29, 1.82) is 0 Å². The first kappa shape index (κ1) is 29.9. The van der Waals surface area contributed by atoms with Gasteiger partial charge in [0.25, 0.3) is 0 Å². The Hall–Kier alpha value is 0.354. The molecule has 2 nitrogen and oxygen atoms in total. The molecule has 0 aromatic heterocycles. The predicted octanol–water partition coefficient (Wildman–Crippen LogP) is 5.05. The molecule has 0 aromatic carbocycles. The zero-order chi connectivity index (χ0) is 8.32. The molecular formula is C12H38O2Si2. The summed E-state index contributed by atoms with van der Waals surface area (Å²) in [6.45, 7) is 7.51. The molecule has 0 saturated carbocycles. The quantitative estimate of drug-likeness (QED) is 0.574. The van der Waals surface area contributed by atoms with Crippen LogP contribution in [-0.4, -0.2) is 24.2 Å². The smallest absolute Gasteiger partial charge is 0.321 e. The summed E-state index contributed by atoms with van der Waals surface area (Å²) in [4.78, 5) is 0. The Balaban J connectivity index is -0.0000000807. The maximum atomic E-state index is 5.93. The van der Waals surface area contributed by atoms with E-state index in [0.29, 0.717) is 0 Å². The molecule has 1 atom stereocenters. The first-order valence-corrected chi connectivity index (χ1v) is 9.68. The molecule has 0 radical (unpaired) electrons. The third-order valence-corrected chi connectivity index (χ3v) is 7.94. The van der Waals surface area contributed by atoms with Crippen molar-refractivity contribution in [2.45, 2.75) is 75.7 Å². The first-order valence-electron chi connectivity index (χ1n) is 4.42. The van der Waals surface area contributed by atoms with Crippen molar-refractivity contribution in [3.63, 3.8) is 0 Å². The van der Waals surface area contributed by atoms with Crippen LogP contribution in [-0.2, 0) is 8.54 Å². The Morgan fingerprint density at radius 1 is 0.938 bits per heavy atom. The number of hydrogen-bond donors (Lipinski definition) is 0. The van der Waals surface area contributed by atoms with Crippen LogP contribution < -0.4 is 0 Å². The Bertz CT molecular complexity index is 130. The van der Waals surface area contributed by atoms with Gasteiger partial charge in [0.05, 0.1) is 0 Å². The van der Waals surface area contributed by atoms with E-state index in [9.17, 15) is 0 Å². The normalized spacial score (nSPS) is 22.3. The molecule has 16 heavy (non-hydrogen) atoms. The summed E-state index contributed by atoms with van der Waals surface area (Å²) in [5.41, 5.74) is 0. The zero-order valence-electron chi connectivity index (χ0n) is 7.72. The Labute approximate surface area is 109 Å². The van der Waals surface area contributed by atoms with Crippen molar-refractivity contribution in [3.8, 4) is 0 Å². The molecular weight excluding hydrogens is 232 g/mol. The van der Waals surface area contributed by atoms with Gasteiger partial charge in [-0.05, 0) is 32.1 Å². The van der Waals surface area contributed by atoms with Gasteiger partial charge in [0, 0.05) is 6.61 Å². The molecule has 0 aromatic rings. The highest BCUT2D eigenvalue weighted by molar-refractivity contribution is 6.73. The van der Waals surface area contributed by atoms with Gasteiger partial charge in [-0.3, -0.25) is 0 Å². The summed E-state index contributed by atoms with van der Waals surface area (Å²) < 4.78 is 11.6.